The third kappa shape index (κ3) is 4.60. The average Bonchev–Trinajstić information content (AvgIpc) is 2.29. The number of carboxylic acids is 1. The predicted octanol–water partition coefficient (Wildman–Crippen LogP) is 0.00240. The van der Waals surface area contributed by atoms with Crippen LogP contribution in [0.25, 0.3) is 0 Å². The van der Waals surface area contributed by atoms with Gasteiger partial charge in [0.1, 0.15) is 0 Å². The van der Waals surface area contributed by atoms with Crippen LogP contribution in [0.2, 0.25) is 0 Å². The van der Waals surface area contributed by atoms with Crippen LogP contribution < -0.4 is 11.2 Å². The third-order valence-corrected chi connectivity index (χ3v) is 1.79. The van der Waals surface area contributed by atoms with Crippen molar-refractivity contribution >= 4 is 11.9 Å². The molecule has 0 radical (unpaired) electrons. The Morgan fingerprint density at radius 2 is 1.88 bits per heavy atom. The fourth-order valence-corrected chi connectivity index (χ4v) is 1.08. The van der Waals surface area contributed by atoms with E-state index in [1.54, 1.807) is 6.07 Å². The largest absolute Gasteiger partial charge is 0.478 e. The molecular formula is C10H12N2O4Zn. The van der Waals surface area contributed by atoms with Gasteiger partial charge in [-0.2, -0.15) is 5.48 Å². The Morgan fingerprint density at radius 1 is 1.29 bits per heavy atom. The summed E-state index contributed by atoms with van der Waals surface area (Å²) in [6, 6.07) is 5.82. The van der Waals surface area contributed by atoms with Crippen molar-refractivity contribution < 1.29 is 39.0 Å². The number of carbonyl (C=O) groups excluding carboxylic acids is 1. The molecule has 0 aliphatic heterocycles. The molecule has 1 aromatic rings. The maximum absolute atomic E-state index is 11.5. The standard InChI is InChI=1S/C10H12N2O4.Zn/c11-5-6-12-16-10(15)8-4-2-1-3-7(8)9(13)14;/h1-4,12H,5-6,11H2,(H,13,14);. The van der Waals surface area contributed by atoms with Gasteiger partial charge in [0.05, 0.1) is 11.1 Å². The molecule has 0 aliphatic carbocycles. The summed E-state index contributed by atoms with van der Waals surface area (Å²) in [5, 5.41) is 8.84. The van der Waals surface area contributed by atoms with Crippen molar-refractivity contribution in [2.75, 3.05) is 13.1 Å². The van der Waals surface area contributed by atoms with Gasteiger partial charge >= 0.3 is 11.9 Å². The first-order chi connectivity index (χ1) is 7.66. The van der Waals surface area contributed by atoms with Crippen LogP contribution in [0.3, 0.4) is 0 Å². The van der Waals surface area contributed by atoms with Crippen molar-refractivity contribution in [1.82, 2.24) is 5.48 Å². The van der Waals surface area contributed by atoms with Gasteiger partial charge in [0.2, 0.25) is 0 Å². The molecule has 0 fully saturated rings. The molecule has 0 spiro atoms. The molecule has 0 bridgehead atoms. The smallest absolute Gasteiger partial charge is 0.357 e. The molecule has 17 heavy (non-hydrogen) atoms. The predicted molar refractivity (Wildman–Crippen MR) is 55.9 cm³/mol. The topological polar surface area (TPSA) is 102 Å². The van der Waals surface area contributed by atoms with Gasteiger partial charge in [-0.1, -0.05) is 12.1 Å². The summed E-state index contributed by atoms with van der Waals surface area (Å²) in [6.45, 7) is 0.620. The van der Waals surface area contributed by atoms with Crippen LogP contribution in [-0.4, -0.2) is 30.1 Å². The monoisotopic (exact) mass is 288 g/mol. The second-order valence-corrected chi connectivity index (χ2v) is 2.92. The summed E-state index contributed by atoms with van der Waals surface area (Å²) in [5.41, 5.74) is 7.42. The second-order valence-electron chi connectivity index (χ2n) is 2.92. The maximum atomic E-state index is 11.5. The number of nitrogens with one attached hydrogen (secondary N) is 1. The molecule has 88 valence electrons. The molecule has 0 atom stereocenters. The van der Waals surface area contributed by atoms with E-state index in [1.165, 1.54) is 18.2 Å². The van der Waals surface area contributed by atoms with Gasteiger partial charge in [-0.05, 0) is 12.1 Å². The number of hydrogen-bond donors (Lipinski definition) is 3. The Labute approximate surface area is 111 Å². The number of rotatable bonds is 5. The minimum Gasteiger partial charge on any atom is -0.478 e. The van der Waals surface area contributed by atoms with E-state index in [1.807, 2.05) is 0 Å². The van der Waals surface area contributed by atoms with Crippen LogP contribution in [0.15, 0.2) is 24.3 Å². The molecule has 6 nitrogen and oxygen atoms in total. The van der Waals surface area contributed by atoms with Crippen LogP contribution in [0.4, 0.5) is 0 Å². The maximum Gasteiger partial charge on any atom is 0.357 e. The summed E-state index contributed by atoms with van der Waals surface area (Å²) >= 11 is 0. The van der Waals surface area contributed by atoms with Crippen LogP contribution >= 0.6 is 0 Å². The number of aromatic carboxylic acids is 1. The van der Waals surface area contributed by atoms with Crippen LogP contribution in [0, 0.1) is 0 Å². The quantitative estimate of drug-likeness (QED) is 0.401. The summed E-state index contributed by atoms with van der Waals surface area (Å²) in [7, 11) is 0. The van der Waals surface area contributed by atoms with E-state index in [0.29, 0.717) is 13.1 Å². The summed E-state index contributed by atoms with van der Waals surface area (Å²) in [4.78, 5) is 26.9. The van der Waals surface area contributed by atoms with E-state index < -0.39 is 11.9 Å². The van der Waals surface area contributed by atoms with E-state index in [2.05, 4.69) is 10.3 Å². The minimum absolute atomic E-state index is 0. The van der Waals surface area contributed by atoms with Crippen molar-refractivity contribution in [2.24, 2.45) is 5.73 Å². The first-order valence-corrected chi connectivity index (χ1v) is 4.63. The number of hydroxylamine groups is 1. The number of carbonyl (C=O) groups is 2. The molecule has 1 aromatic carbocycles. The van der Waals surface area contributed by atoms with Gasteiger partial charge in [-0.15, -0.1) is 0 Å². The molecule has 0 heterocycles. The van der Waals surface area contributed by atoms with Crippen molar-refractivity contribution in [2.45, 2.75) is 0 Å². The zero-order valence-corrected chi connectivity index (χ0v) is 12.1. The zero-order valence-electron chi connectivity index (χ0n) is 9.18. The molecule has 4 N–H and O–H groups in total. The van der Waals surface area contributed by atoms with Gasteiger partial charge in [0, 0.05) is 32.6 Å². The van der Waals surface area contributed by atoms with E-state index in [0.717, 1.165) is 0 Å². The second kappa shape index (κ2) is 7.89. The fourth-order valence-electron chi connectivity index (χ4n) is 1.08. The molecule has 0 saturated carbocycles. The number of benzene rings is 1. The Hall–Kier alpha value is -1.30. The zero-order chi connectivity index (χ0) is 12.0. The van der Waals surface area contributed by atoms with E-state index in [-0.39, 0.29) is 30.6 Å². The Morgan fingerprint density at radius 3 is 2.41 bits per heavy atom. The number of nitrogens with two attached hydrogens (primary N) is 1. The molecule has 7 heteroatoms. The average molecular weight is 290 g/mol. The van der Waals surface area contributed by atoms with Gasteiger partial charge < -0.3 is 15.7 Å². The number of carboxylic acid groups (broad SMARTS) is 1. The van der Waals surface area contributed by atoms with Gasteiger partial charge in [0.25, 0.3) is 0 Å². The van der Waals surface area contributed by atoms with E-state index in [4.69, 9.17) is 10.8 Å². The van der Waals surface area contributed by atoms with Gasteiger partial charge in [-0.25, -0.2) is 9.59 Å². The molecule has 1 rings (SSSR count). The molecule has 0 aliphatic rings. The molecule has 0 saturated heterocycles. The van der Waals surface area contributed by atoms with Gasteiger partial charge in [-0.3, -0.25) is 0 Å². The summed E-state index contributed by atoms with van der Waals surface area (Å²) < 4.78 is 0. The molecule has 0 amide bonds. The Bertz CT molecular complexity index is 398. The fraction of sp³-hybridized carbons (Fsp3) is 0.200. The van der Waals surface area contributed by atoms with Crippen molar-refractivity contribution in [3.63, 3.8) is 0 Å². The van der Waals surface area contributed by atoms with Crippen LogP contribution in [0.5, 0.6) is 0 Å². The third-order valence-electron chi connectivity index (χ3n) is 1.79. The van der Waals surface area contributed by atoms with Crippen molar-refractivity contribution in [3.8, 4) is 0 Å². The minimum atomic E-state index is -1.17. The van der Waals surface area contributed by atoms with E-state index >= 15 is 0 Å². The van der Waals surface area contributed by atoms with E-state index in [9.17, 15) is 9.59 Å². The summed E-state index contributed by atoms with van der Waals surface area (Å²) in [6.07, 6.45) is 0. The Balaban J connectivity index is 0.00000256. The van der Waals surface area contributed by atoms with Gasteiger partial charge in [0.15, 0.2) is 0 Å². The first kappa shape index (κ1) is 15.7. The first-order valence-electron chi connectivity index (χ1n) is 4.63. The molecular weight excluding hydrogens is 278 g/mol. The van der Waals surface area contributed by atoms with Crippen LogP contribution in [-0.2, 0) is 24.3 Å². The normalized spacial score (nSPS) is 9.24. The number of hydrogen-bond acceptors (Lipinski definition) is 5. The SMILES string of the molecule is NCCNOC(=O)c1ccccc1C(=O)O.[Zn]. The Kier molecular flexibility index (Phi) is 7.29. The van der Waals surface area contributed by atoms with Crippen molar-refractivity contribution in [1.29, 1.82) is 0 Å². The van der Waals surface area contributed by atoms with Crippen molar-refractivity contribution in [3.05, 3.63) is 35.4 Å². The summed E-state index contributed by atoms with van der Waals surface area (Å²) in [5.74, 6) is -1.92. The molecule has 0 aromatic heterocycles. The molecule has 0 unspecified atom stereocenters. The van der Waals surface area contributed by atoms with Crippen LogP contribution in [0.1, 0.15) is 20.7 Å².